The second-order valence-electron chi connectivity index (χ2n) is 8.81. The standard InChI is InChI=1S/C24H31Cl2N5O2/c1-33-24(32)23-21(27-16-18-4-5-19(25)14-20(18)26)15-22(28-29-23)31-12-7-17(8-13-31)6-11-30-9-2-3-10-30/h4-5,14-15,17H,2-3,6-13,16H2,1H3,(H,27,28). The van der Waals surface area contributed by atoms with Gasteiger partial charge in [-0.1, -0.05) is 29.3 Å². The smallest absolute Gasteiger partial charge is 0.360 e. The van der Waals surface area contributed by atoms with Crippen molar-refractivity contribution in [2.75, 3.05) is 50.1 Å². The van der Waals surface area contributed by atoms with Gasteiger partial charge in [-0.05, 0) is 75.4 Å². The highest BCUT2D eigenvalue weighted by Crippen LogP contribution is 2.28. The van der Waals surface area contributed by atoms with Crippen LogP contribution in [0.15, 0.2) is 24.3 Å². The average molecular weight is 492 g/mol. The molecule has 0 radical (unpaired) electrons. The van der Waals surface area contributed by atoms with E-state index in [1.54, 1.807) is 12.1 Å². The predicted molar refractivity (Wildman–Crippen MR) is 132 cm³/mol. The molecule has 1 aromatic carbocycles. The molecule has 2 fully saturated rings. The molecule has 4 rings (SSSR count). The zero-order valence-electron chi connectivity index (χ0n) is 19.0. The summed E-state index contributed by atoms with van der Waals surface area (Å²) in [6.45, 7) is 6.05. The molecule has 0 unspecified atom stereocenters. The van der Waals surface area contributed by atoms with Gasteiger partial charge in [0.05, 0.1) is 12.8 Å². The Morgan fingerprint density at radius 3 is 2.58 bits per heavy atom. The number of hydrogen-bond acceptors (Lipinski definition) is 7. The fraction of sp³-hybridized carbons (Fsp3) is 0.542. The SMILES string of the molecule is COC(=O)c1nnc(N2CCC(CCN3CCCC3)CC2)cc1NCc1ccc(Cl)cc1Cl. The van der Waals surface area contributed by atoms with E-state index in [4.69, 9.17) is 27.9 Å². The Hall–Kier alpha value is -2.09. The second kappa shape index (κ2) is 11.4. The number of likely N-dealkylation sites (tertiary alicyclic amines) is 1. The maximum Gasteiger partial charge on any atom is 0.360 e. The lowest BCUT2D eigenvalue weighted by Gasteiger charge is -2.33. The lowest BCUT2D eigenvalue weighted by Crippen LogP contribution is -2.35. The van der Waals surface area contributed by atoms with E-state index in [1.807, 2.05) is 12.1 Å². The molecule has 0 bridgehead atoms. The van der Waals surface area contributed by atoms with Crippen molar-refractivity contribution in [1.29, 1.82) is 0 Å². The van der Waals surface area contributed by atoms with Crippen molar-refractivity contribution in [3.63, 3.8) is 0 Å². The molecule has 33 heavy (non-hydrogen) atoms. The molecular weight excluding hydrogens is 461 g/mol. The quantitative estimate of drug-likeness (QED) is 0.527. The highest BCUT2D eigenvalue weighted by Gasteiger charge is 2.24. The summed E-state index contributed by atoms with van der Waals surface area (Å²) in [6, 6.07) is 7.23. The lowest BCUT2D eigenvalue weighted by molar-refractivity contribution is 0.0594. The molecule has 1 aromatic heterocycles. The average Bonchev–Trinajstić information content (AvgIpc) is 3.36. The van der Waals surface area contributed by atoms with Crippen LogP contribution in [0.3, 0.4) is 0 Å². The number of hydrogen-bond donors (Lipinski definition) is 1. The van der Waals surface area contributed by atoms with E-state index in [2.05, 4.69) is 25.3 Å². The van der Waals surface area contributed by atoms with Crippen LogP contribution in [-0.4, -0.2) is 60.9 Å². The van der Waals surface area contributed by atoms with Gasteiger partial charge in [0.25, 0.3) is 0 Å². The number of nitrogens with zero attached hydrogens (tertiary/aromatic N) is 4. The topological polar surface area (TPSA) is 70.6 Å². The number of rotatable bonds is 8. The number of benzene rings is 1. The van der Waals surface area contributed by atoms with E-state index >= 15 is 0 Å². The number of carbonyl (C=O) groups is 1. The van der Waals surface area contributed by atoms with Crippen molar-refractivity contribution in [2.24, 2.45) is 5.92 Å². The largest absolute Gasteiger partial charge is 0.464 e. The van der Waals surface area contributed by atoms with Crippen molar-refractivity contribution in [3.05, 3.63) is 45.6 Å². The summed E-state index contributed by atoms with van der Waals surface area (Å²) in [6.07, 6.45) is 6.27. The summed E-state index contributed by atoms with van der Waals surface area (Å²) < 4.78 is 4.89. The van der Waals surface area contributed by atoms with E-state index in [0.717, 1.165) is 43.2 Å². The van der Waals surface area contributed by atoms with Crippen molar-refractivity contribution in [2.45, 2.75) is 38.6 Å². The maximum atomic E-state index is 12.2. The molecule has 0 atom stereocenters. The summed E-state index contributed by atoms with van der Waals surface area (Å²) in [5, 5.41) is 12.9. The number of nitrogens with one attached hydrogen (secondary N) is 1. The Bertz CT molecular complexity index is 960. The van der Waals surface area contributed by atoms with E-state index in [1.165, 1.54) is 46.0 Å². The second-order valence-corrected chi connectivity index (χ2v) is 9.66. The van der Waals surface area contributed by atoms with E-state index in [9.17, 15) is 4.79 Å². The summed E-state index contributed by atoms with van der Waals surface area (Å²) >= 11 is 12.3. The van der Waals surface area contributed by atoms with Gasteiger partial charge in [-0.15, -0.1) is 10.2 Å². The summed E-state index contributed by atoms with van der Waals surface area (Å²) in [5.74, 6) is 0.999. The third kappa shape index (κ3) is 6.28. The van der Waals surface area contributed by atoms with Gasteiger partial charge < -0.3 is 19.9 Å². The first kappa shape index (κ1) is 24.0. The first-order chi connectivity index (χ1) is 16.0. The Morgan fingerprint density at radius 2 is 1.88 bits per heavy atom. The molecule has 0 aliphatic carbocycles. The minimum Gasteiger partial charge on any atom is -0.464 e. The number of halogens is 2. The number of piperidine rings is 1. The molecule has 2 aliphatic rings. The number of ether oxygens (including phenoxy) is 1. The van der Waals surface area contributed by atoms with Crippen molar-refractivity contribution in [3.8, 4) is 0 Å². The van der Waals surface area contributed by atoms with Crippen LogP contribution in [0, 0.1) is 5.92 Å². The van der Waals surface area contributed by atoms with Crippen LogP contribution in [0.1, 0.15) is 48.2 Å². The van der Waals surface area contributed by atoms with Gasteiger partial charge in [-0.2, -0.15) is 0 Å². The van der Waals surface area contributed by atoms with Crippen LogP contribution < -0.4 is 10.2 Å². The number of esters is 1. The first-order valence-electron chi connectivity index (χ1n) is 11.6. The summed E-state index contributed by atoms with van der Waals surface area (Å²) in [5.41, 5.74) is 1.61. The van der Waals surface area contributed by atoms with Crippen LogP contribution in [0.25, 0.3) is 0 Å². The first-order valence-corrected chi connectivity index (χ1v) is 12.4. The van der Waals surface area contributed by atoms with Crippen molar-refractivity contribution >= 4 is 40.7 Å². The Labute approximate surface area is 205 Å². The minimum absolute atomic E-state index is 0.159. The van der Waals surface area contributed by atoms with Gasteiger partial charge in [0, 0.05) is 35.7 Å². The molecule has 7 nitrogen and oxygen atoms in total. The molecule has 0 amide bonds. The number of methoxy groups -OCH3 is 1. The zero-order valence-corrected chi connectivity index (χ0v) is 20.5. The van der Waals surface area contributed by atoms with Gasteiger partial charge in [0.1, 0.15) is 0 Å². The third-order valence-corrected chi connectivity index (χ3v) is 7.22. The fourth-order valence-corrected chi connectivity index (χ4v) is 5.07. The van der Waals surface area contributed by atoms with Gasteiger partial charge in [-0.25, -0.2) is 4.79 Å². The minimum atomic E-state index is -0.528. The van der Waals surface area contributed by atoms with E-state index in [0.29, 0.717) is 22.3 Å². The van der Waals surface area contributed by atoms with Gasteiger partial charge in [0.2, 0.25) is 0 Å². The van der Waals surface area contributed by atoms with Crippen LogP contribution >= 0.6 is 23.2 Å². The molecule has 3 heterocycles. The van der Waals surface area contributed by atoms with Crippen LogP contribution in [-0.2, 0) is 11.3 Å². The normalized spacial score (nSPS) is 17.4. The van der Waals surface area contributed by atoms with Gasteiger partial charge in [-0.3, -0.25) is 0 Å². The zero-order chi connectivity index (χ0) is 23.2. The van der Waals surface area contributed by atoms with E-state index in [-0.39, 0.29) is 5.69 Å². The van der Waals surface area contributed by atoms with Crippen molar-refractivity contribution in [1.82, 2.24) is 15.1 Å². The third-order valence-electron chi connectivity index (χ3n) is 6.63. The molecule has 9 heteroatoms. The van der Waals surface area contributed by atoms with Crippen molar-refractivity contribution < 1.29 is 9.53 Å². The predicted octanol–water partition coefficient (Wildman–Crippen LogP) is 4.88. The molecule has 2 saturated heterocycles. The maximum absolute atomic E-state index is 12.2. The highest BCUT2D eigenvalue weighted by molar-refractivity contribution is 6.35. The Balaban J connectivity index is 1.40. The molecule has 1 N–H and O–H groups in total. The Kier molecular flexibility index (Phi) is 8.28. The monoisotopic (exact) mass is 491 g/mol. The lowest BCUT2D eigenvalue weighted by atomic mass is 9.93. The summed E-state index contributed by atoms with van der Waals surface area (Å²) in [4.78, 5) is 17.1. The number of carbonyl (C=O) groups excluding carboxylic acids is 1. The highest BCUT2D eigenvalue weighted by atomic mass is 35.5. The summed E-state index contributed by atoms with van der Waals surface area (Å²) in [7, 11) is 1.34. The molecule has 0 spiro atoms. The van der Waals surface area contributed by atoms with Gasteiger partial charge in [0.15, 0.2) is 11.5 Å². The molecular formula is C24H31Cl2N5O2. The van der Waals surface area contributed by atoms with Crippen LogP contribution in [0.2, 0.25) is 10.0 Å². The fourth-order valence-electron chi connectivity index (χ4n) is 4.60. The van der Waals surface area contributed by atoms with Crippen LogP contribution in [0.5, 0.6) is 0 Å². The molecule has 2 aliphatic heterocycles. The number of aromatic nitrogens is 2. The molecule has 178 valence electrons. The molecule has 2 aromatic rings. The Morgan fingerprint density at radius 1 is 1.12 bits per heavy atom. The number of anilines is 2. The van der Waals surface area contributed by atoms with Crippen LogP contribution in [0.4, 0.5) is 11.5 Å². The molecule has 0 saturated carbocycles. The van der Waals surface area contributed by atoms with E-state index < -0.39 is 5.97 Å². The van der Waals surface area contributed by atoms with Gasteiger partial charge >= 0.3 is 5.97 Å².